The van der Waals surface area contributed by atoms with E-state index in [-0.39, 0.29) is 0 Å². The van der Waals surface area contributed by atoms with Crippen molar-refractivity contribution in [2.24, 2.45) is 0 Å². The number of nitrogens with zero attached hydrogens (tertiary/aromatic N) is 1. The van der Waals surface area contributed by atoms with Crippen molar-refractivity contribution in [3.05, 3.63) is 46.8 Å². The van der Waals surface area contributed by atoms with Gasteiger partial charge >= 0.3 is 0 Å². The maximum Gasteiger partial charge on any atom is 0.128 e. The highest BCUT2D eigenvalue weighted by molar-refractivity contribution is 5.54. The van der Waals surface area contributed by atoms with E-state index in [0.717, 1.165) is 39.6 Å². The van der Waals surface area contributed by atoms with Crippen molar-refractivity contribution in [1.29, 1.82) is 0 Å². The lowest BCUT2D eigenvalue weighted by atomic mass is 10.1. The molecule has 1 aromatic heterocycles. The molecule has 0 saturated heterocycles. The van der Waals surface area contributed by atoms with Crippen molar-refractivity contribution in [2.75, 3.05) is 19.5 Å². The summed E-state index contributed by atoms with van der Waals surface area (Å²) in [5.41, 5.74) is 5.35. The highest BCUT2D eigenvalue weighted by Gasteiger charge is 2.09. The third kappa shape index (κ3) is 3.27. The number of methoxy groups -OCH3 is 2. The summed E-state index contributed by atoms with van der Waals surface area (Å²) >= 11 is 0. The summed E-state index contributed by atoms with van der Waals surface area (Å²) in [6.07, 6.45) is 1.85. The molecule has 4 heteroatoms. The minimum atomic E-state index is 0.662. The SMILES string of the molecule is COc1ccc(NCc2ncc(C)c(OC)c2C)c(C)c1. The third-order valence-corrected chi connectivity index (χ3v) is 3.63. The fraction of sp³-hybridized carbons (Fsp3) is 0.353. The summed E-state index contributed by atoms with van der Waals surface area (Å²) in [6, 6.07) is 5.98. The summed E-state index contributed by atoms with van der Waals surface area (Å²) in [4.78, 5) is 4.50. The second kappa shape index (κ2) is 6.48. The topological polar surface area (TPSA) is 43.4 Å². The van der Waals surface area contributed by atoms with Gasteiger partial charge in [-0.15, -0.1) is 0 Å². The van der Waals surface area contributed by atoms with Crippen LogP contribution in [-0.4, -0.2) is 19.2 Å². The quantitative estimate of drug-likeness (QED) is 0.911. The Bertz CT molecular complexity index is 639. The maximum atomic E-state index is 5.44. The van der Waals surface area contributed by atoms with E-state index in [4.69, 9.17) is 9.47 Å². The van der Waals surface area contributed by atoms with Crippen LogP contribution in [0.2, 0.25) is 0 Å². The van der Waals surface area contributed by atoms with Crippen molar-refractivity contribution in [3.63, 3.8) is 0 Å². The van der Waals surface area contributed by atoms with E-state index >= 15 is 0 Å². The zero-order chi connectivity index (χ0) is 15.4. The normalized spacial score (nSPS) is 10.3. The zero-order valence-corrected chi connectivity index (χ0v) is 13.3. The van der Waals surface area contributed by atoms with Crippen molar-refractivity contribution >= 4 is 5.69 Å². The molecule has 0 amide bonds. The zero-order valence-electron chi connectivity index (χ0n) is 13.3. The molecule has 0 bridgehead atoms. The number of aryl methyl sites for hydroxylation is 2. The van der Waals surface area contributed by atoms with Crippen LogP contribution in [0, 0.1) is 20.8 Å². The van der Waals surface area contributed by atoms with Crippen LogP contribution in [0.15, 0.2) is 24.4 Å². The summed E-state index contributed by atoms with van der Waals surface area (Å²) in [5.74, 6) is 1.78. The molecule has 0 aliphatic carbocycles. The van der Waals surface area contributed by atoms with Crippen LogP contribution < -0.4 is 14.8 Å². The van der Waals surface area contributed by atoms with Crippen molar-refractivity contribution < 1.29 is 9.47 Å². The second-order valence-corrected chi connectivity index (χ2v) is 5.08. The van der Waals surface area contributed by atoms with E-state index in [9.17, 15) is 0 Å². The molecule has 0 atom stereocenters. The molecule has 1 N–H and O–H groups in total. The van der Waals surface area contributed by atoms with Crippen molar-refractivity contribution in [1.82, 2.24) is 4.98 Å². The first kappa shape index (κ1) is 15.2. The molecular weight excluding hydrogens is 264 g/mol. The van der Waals surface area contributed by atoms with E-state index in [0.29, 0.717) is 6.54 Å². The molecule has 1 heterocycles. The Morgan fingerprint density at radius 1 is 1.05 bits per heavy atom. The van der Waals surface area contributed by atoms with Crippen LogP contribution in [0.25, 0.3) is 0 Å². The molecule has 0 radical (unpaired) electrons. The van der Waals surface area contributed by atoms with E-state index < -0.39 is 0 Å². The van der Waals surface area contributed by atoms with Gasteiger partial charge < -0.3 is 14.8 Å². The van der Waals surface area contributed by atoms with Gasteiger partial charge in [0.2, 0.25) is 0 Å². The smallest absolute Gasteiger partial charge is 0.128 e. The molecule has 21 heavy (non-hydrogen) atoms. The van der Waals surface area contributed by atoms with Gasteiger partial charge in [0.1, 0.15) is 11.5 Å². The molecule has 112 valence electrons. The van der Waals surface area contributed by atoms with Crippen LogP contribution in [0.3, 0.4) is 0 Å². The standard InChI is InChI=1S/C17H22N2O2/c1-11-8-14(20-4)6-7-15(11)19-10-16-13(3)17(21-5)12(2)9-18-16/h6-9,19H,10H2,1-5H3. The largest absolute Gasteiger partial charge is 0.497 e. The van der Waals surface area contributed by atoms with Gasteiger partial charge in [0.25, 0.3) is 0 Å². The van der Waals surface area contributed by atoms with Crippen LogP contribution in [-0.2, 0) is 6.54 Å². The number of hydrogen-bond acceptors (Lipinski definition) is 4. The fourth-order valence-corrected chi connectivity index (χ4v) is 2.39. The molecule has 0 spiro atoms. The lowest BCUT2D eigenvalue weighted by molar-refractivity contribution is 0.407. The average Bonchev–Trinajstić information content (AvgIpc) is 2.48. The molecule has 1 aromatic carbocycles. The summed E-state index contributed by atoms with van der Waals surface area (Å²) in [7, 11) is 3.37. The first-order valence-electron chi connectivity index (χ1n) is 6.94. The predicted octanol–water partition coefficient (Wildman–Crippen LogP) is 3.64. The number of ether oxygens (including phenoxy) is 2. The molecule has 0 unspecified atom stereocenters. The Morgan fingerprint density at radius 3 is 2.43 bits per heavy atom. The third-order valence-electron chi connectivity index (χ3n) is 3.63. The molecular formula is C17H22N2O2. The van der Waals surface area contributed by atoms with Gasteiger partial charge in [-0.3, -0.25) is 4.98 Å². The molecule has 0 aliphatic heterocycles. The summed E-state index contributed by atoms with van der Waals surface area (Å²) in [5, 5.41) is 3.42. The predicted molar refractivity (Wildman–Crippen MR) is 85.3 cm³/mol. The van der Waals surface area contributed by atoms with Crippen LogP contribution in [0.4, 0.5) is 5.69 Å². The molecule has 0 aliphatic rings. The highest BCUT2D eigenvalue weighted by Crippen LogP contribution is 2.25. The fourth-order valence-electron chi connectivity index (χ4n) is 2.39. The van der Waals surface area contributed by atoms with Crippen LogP contribution in [0.5, 0.6) is 11.5 Å². The van der Waals surface area contributed by atoms with Gasteiger partial charge in [-0.2, -0.15) is 0 Å². The van der Waals surface area contributed by atoms with E-state index in [1.165, 1.54) is 0 Å². The van der Waals surface area contributed by atoms with Gasteiger partial charge in [0.05, 0.1) is 26.5 Å². The van der Waals surface area contributed by atoms with Crippen LogP contribution >= 0.6 is 0 Å². The summed E-state index contributed by atoms with van der Waals surface area (Å²) in [6.45, 7) is 6.76. The average molecular weight is 286 g/mol. The molecule has 0 fully saturated rings. The number of rotatable bonds is 5. The number of pyridine rings is 1. The number of anilines is 1. The minimum absolute atomic E-state index is 0.662. The first-order valence-corrected chi connectivity index (χ1v) is 6.94. The van der Waals surface area contributed by atoms with Gasteiger partial charge in [0.15, 0.2) is 0 Å². The van der Waals surface area contributed by atoms with Crippen LogP contribution in [0.1, 0.15) is 22.4 Å². The van der Waals surface area contributed by atoms with E-state index in [1.807, 2.05) is 38.2 Å². The highest BCUT2D eigenvalue weighted by atomic mass is 16.5. The van der Waals surface area contributed by atoms with Gasteiger partial charge in [-0.1, -0.05) is 0 Å². The first-order chi connectivity index (χ1) is 10.1. The Labute approximate surface area is 126 Å². The Balaban J connectivity index is 2.17. The second-order valence-electron chi connectivity index (χ2n) is 5.08. The number of hydrogen-bond donors (Lipinski definition) is 1. The Kier molecular flexibility index (Phi) is 4.68. The maximum absolute atomic E-state index is 5.44. The van der Waals surface area contributed by atoms with E-state index in [2.05, 4.69) is 17.2 Å². The van der Waals surface area contributed by atoms with E-state index in [1.54, 1.807) is 14.2 Å². The molecule has 2 rings (SSSR count). The number of benzene rings is 1. The van der Waals surface area contributed by atoms with Gasteiger partial charge in [-0.05, 0) is 44.5 Å². The number of aromatic nitrogens is 1. The summed E-state index contributed by atoms with van der Waals surface area (Å²) < 4.78 is 10.7. The minimum Gasteiger partial charge on any atom is -0.497 e. The molecule has 4 nitrogen and oxygen atoms in total. The van der Waals surface area contributed by atoms with Gasteiger partial charge in [0, 0.05) is 23.0 Å². The number of nitrogens with one attached hydrogen (secondary N) is 1. The van der Waals surface area contributed by atoms with Crippen molar-refractivity contribution in [2.45, 2.75) is 27.3 Å². The lowest BCUT2D eigenvalue weighted by Crippen LogP contribution is -2.07. The lowest BCUT2D eigenvalue weighted by Gasteiger charge is -2.14. The van der Waals surface area contributed by atoms with Crippen molar-refractivity contribution in [3.8, 4) is 11.5 Å². The Morgan fingerprint density at radius 2 is 1.81 bits per heavy atom. The van der Waals surface area contributed by atoms with Gasteiger partial charge in [-0.25, -0.2) is 0 Å². The Hall–Kier alpha value is -2.23. The monoisotopic (exact) mass is 286 g/mol. The molecule has 0 saturated carbocycles. The molecule has 2 aromatic rings.